The number of morpholine rings is 1. The van der Waals surface area contributed by atoms with Crippen LogP contribution in [0.2, 0.25) is 0 Å². The second kappa shape index (κ2) is 9.18. The molecule has 176 valence electrons. The standard InChI is InChI=1S/C23H22F3N7O/c24-23(25,26)16-3-1-2-15(12-16)13-27-20-19-21(29-14-28-19)32-22(31-20)30-17-4-6-18(7-5-17)33-8-10-34-11-9-33/h1-7,12,14H,8-11,13H2,(H3,27,28,29,30,31,32). The Balaban J connectivity index is 1.33. The summed E-state index contributed by atoms with van der Waals surface area (Å²) < 4.78 is 44.5. The number of hydrogen-bond donors (Lipinski definition) is 3. The van der Waals surface area contributed by atoms with Gasteiger partial charge in [0.25, 0.3) is 0 Å². The van der Waals surface area contributed by atoms with Crippen molar-refractivity contribution in [3.05, 3.63) is 66.0 Å². The second-order valence-corrected chi connectivity index (χ2v) is 7.82. The smallest absolute Gasteiger partial charge is 0.378 e. The topological polar surface area (TPSA) is 91.0 Å². The average Bonchev–Trinajstić information content (AvgIpc) is 3.32. The molecule has 11 heteroatoms. The summed E-state index contributed by atoms with van der Waals surface area (Å²) >= 11 is 0. The van der Waals surface area contributed by atoms with Gasteiger partial charge in [0.15, 0.2) is 11.5 Å². The van der Waals surface area contributed by atoms with Gasteiger partial charge in [0, 0.05) is 31.0 Å². The highest BCUT2D eigenvalue weighted by atomic mass is 19.4. The van der Waals surface area contributed by atoms with Gasteiger partial charge in [-0.2, -0.15) is 23.1 Å². The zero-order valence-corrected chi connectivity index (χ0v) is 18.1. The lowest BCUT2D eigenvalue weighted by Crippen LogP contribution is -2.36. The highest BCUT2D eigenvalue weighted by Crippen LogP contribution is 2.30. The molecule has 5 rings (SSSR count). The fourth-order valence-corrected chi connectivity index (χ4v) is 3.77. The van der Waals surface area contributed by atoms with Crippen molar-refractivity contribution in [3.63, 3.8) is 0 Å². The lowest BCUT2D eigenvalue weighted by molar-refractivity contribution is -0.137. The van der Waals surface area contributed by atoms with E-state index >= 15 is 0 Å². The van der Waals surface area contributed by atoms with Gasteiger partial charge in [-0.05, 0) is 42.0 Å². The Morgan fingerprint density at radius 3 is 2.59 bits per heavy atom. The quantitative estimate of drug-likeness (QED) is 0.381. The Hall–Kier alpha value is -3.86. The number of aromatic amines is 1. The summed E-state index contributed by atoms with van der Waals surface area (Å²) in [6, 6.07) is 13.1. The second-order valence-electron chi connectivity index (χ2n) is 7.82. The number of halogens is 3. The number of aromatic nitrogens is 4. The number of benzene rings is 2. The normalized spacial score (nSPS) is 14.4. The number of alkyl halides is 3. The van der Waals surface area contributed by atoms with Gasteiger partial charge >= 0.3 is 6.18 Å². The van der Waals surface area contributed by atoms with Crippen LogP contribution in [0.25, 0.3) is 11.2 Å². The molecule has 1 aliphatic heterocycles. The van der Waals surface area contributed by atoms with E-state index in [0.29, 0.717) is 41.7 Å². The Morgan fingerprint density at radius 2 is 1.82 bits per heavy atom. The van der Waals surface area contributed by atoms with Crippen LogP contribution in [0.3, 0.4) is 0 Å². The van der Waals surface area contributed by atoms with E-state index in [-0.39, 0.29) is 6.54 Å². The number of anilines is 4. The maximum absolute atomic E-state index is 13.0. The van der Waals surface area contributed by atoms with Gasteiger partial charge in [-0.25, -0.2) is 4.98 Å². The van der Waals surface area contributed by atoms with E-state index in [4.69, 9.17) is 4.74 Å². The molecule has 2 aromatic carbocycles. The Morgan fingerprint density at radius 1 is 1.03 bits per heavy atom. The van der Waals surface area contributed by atoms with Crippen molar-refractivity contribution >= 4 is 34.3 Å². The summed E-state index contributed by atoms with van der Waals surface area (Å²) in [5.74, 6) is 0.762. The third kappa shape index (κ3) is 4.88. The van der Waals surface area contributed by atoms with E-state index < -0.39 is 11.7 Å². The molecule has 0 bridgehead atoms. The van der Waals surface area contributed by atoms with Gasteiger partial charge in [-0.1, -0.05) is 12.1 Å². The largest absolute Gasteiger partial charge is 0.416 e. The molecule has 1 fully saturated rings. The molecule has 1 saturated heterocycles. The molecule has 3 heterocycles. The van der Waals surface area contributed by atoms with Gasteiger partial charge in [-0.3, -0.25) is 0 Å². The number of nitrogens with zero attached hydrogens (tertiary/aromatic N) is 4. The van der Waals surface area contributed by atoms with Crippen molar-refractivity contribution in [1.82, 2.24) is 19.9 Å². The molecular weight excluding hydrogens is 447 g/mol. The lowest BCUT2D eigenvalue weighted by atomic mass is 10.1. The van der Waals surface area contributed by atoms with Crippen LogP contribution in [0.4, 0.5) is 36.3 Å². The van der Waals surface area contributed by atoms with Crippen LogP contribution in [-0.4, -0.2) is 46.2 Å². The molecule has 3 N–H and O–H groups in total. The highest BCUT2D eigenvalue weighted by Gasteiger charge is 2.30. The van der Waals surface area contributed by atoms with Gasteiger partial charge in [-0.15, -0.1) is 0 Å². The van der Waals surface area contributed by atoms with Gasteiger partial charge in [0.1, 0.15) is 5.52 Å². The predicted molar refractivity (Wildman–Crippen MR) is 123 cm³/mol. The molecule has 0 spiro atoms. The van der Waals surface area contributed by atoms with E-state index in [1.54, 1.807) is 6.07 Å². The van der Waals surface area contributed by atoms with Gasteiger partial charge in [0.2, 0.25) is 5.95 Å². The van der Waals surface area contributed by atoms with Crippen molar-refractivity contribution in [2.45, 2.75) is 12.7 Å². The molecule has 0 unspecified atom stereocenters. The number of hydrogen-bond acceptors (Lipinski definition) is 7. The number of nitrogens with one attached hydrogen (secondary N) is 3. The summed E-state index contributed by atoms with van der Waals surface area (Å²) in [4.78, 5) is 18.4. The fraction of sp³-hybridized carbons (Fsp3) is 0.261. The maximum atomic E-state index is 13.0. The minimum atomic E-state index is -4.39. The molecule has 8 nitrogen and oxygen atoms in total. The molecule has 2 aromatic heterocycles. The van der Waals surface area contributed by atoms with Crippen LogP contribution in [0, 0.1) is 0 Å². The number of ether oxygens (including phenoxy) is 1. The molecule has 0 aliphatic carbocycles. The van der Waals surface area contributed by atoms with E-state index in [2.05, 4.69) is 35.5 Å². The van der Waals surface area contributed by atoms with Crippen molar-refractivity contribution in [3.8, 4) is 0 Å². The summed E-state index contributed by atoms with van der Waals surface area (Å²) in [6.07, 6.45) is -2.90. The van der Waals surface area contributed by atoms with E-state index in [1.807, 2.05) is 24.3 Å². The first-order valence-electron chi connectivity index (χ1n) is 10.8. The summed E-state index contributed by atoms with van der Waals surface area (Å²) in [6.45, 7) is 3.30. The maximum Gasteiger partial charge on any atom is 0.416 e. The summed E-state index contributed by atoms with van der Waals surface area (Å²) in [7, 11) is 0. The molecule has 0 radical (unpaired) electrons. The lowest BCUT2D eigenvalue weighted by Gasteiger charge is -2.28. The van der Waals surface area contributed by atoms with Crippen LogP contribution >= 0.6 is 0 Å². The van der Waals surface area contributed by atoms with Crippen LogP contribution < -0.4 is 15.5 Å². The van der Waals surface area contributed by atoms with Crippen LogP contribution in [0.1, 0.15) is 11.1 Å². The van der Waals surface area contributed by atoms with Gasteiger partial charge < -0.3 is 25.3 Å². The fourth-order valence-electron chi connectivity index (χ4n) is 3.77. The molecular formula is C23H22F3N7O. The first-order valence-corrected chi connectivity index (χ1v) is 10.8. The number of fused-ring (bicyclic) bond motifs is 1. The van der Waals surface area contributed by atoms with Crippen LogP contribution in [-0.2, 0) is 17.5 Å². The number of rotatable bonds is 6. The van der Waals surface area contributed by atoms with Crippen molar-refractivity contribution in [2.75, 3.05) is 41.8 Å². The molecule has 4 aromatic rings. The summed E-state index contributed by atoms with van der Waals surface area (Å²) in [5.41, 5.74) is 2.71. The molecule has 0 amide bonds. The van der Waals surface area contributed by atoms with Crippen molar-refractivity contribution in [2.24, 2.45) is 0 Å². The number of imidazole rings is 1. The minimum absolute atomic E-state index is 0.155. The minimum Gasteiger partial charge on any atom is -0.378 e. The van der Waals surface area contributed by atoms with Crippen LogP contribution in [0.15, 0.2) is 54.9 Å². The molecule has 0 saturated carbocycles. The van der Waals surface area contributed by atoms with E-state index in [1.165, 1.54) is 12.4 Å². The third-order valence-electron chi connectivity index (χ3n) is 5.50. The molecule has 1 aliphatic rings. The van der Waals surface area contributed by atoms with Crippen molar-refractivity contribution in [1.29, 1.82) is 0 Å². The van der Waals surface area contributed by atoms with Gasteiger partial charge in [0.05, 0.1) is 25.1 Å². The monoisotopic (exact) mass is 469 g/mol. The first-order chi connectivity index (χ1) is 16.5. The third-order valence-corrected chi connectivity index (χ3v) is 5.50. The van der Waals surface area contributed by atoms with E-state index in [0.717, 1.165) is 36.6 Å². The SMILES string of the molecule is FC(F)(F)c1cccc(CNc2nc(Nc3ccc(N4CCOCC4)cc3)nc3nc[nH]c23)c1. The molecule has 34 heavy (non-hydrogen) atoms. The number of H-pyrrole nitrogens is 1. The average molecular weight is 469 g/mol. The summed E-state index contributed by atoms with van der Waals surface area (Å²) in [5, 5.41) is 6.27. The first kappa shape index (κ1) is 22.0. The van der Waals surface area contributed by atoms with Crippen molar-refractivity contribution < 1.29 is 17.9 Å². The highest BCUT2D eigenvalue weighted by molar-refractivity contribution is 5.84. The Bertz CT molecular complexity index is 1270. The zero-order valence-electron chi connectivity index (χ0n) is 18.1. The Kier molecular flexibility index (Phi) is 5.93. The molecule has 0 atom stereocenters. The zero-order chi connectivity index (χ0) is 23.5. The Labute approximate surface area is 193 Å². The van der Waals surface area contributed by atoms with E-state index in [9.17, 15) is 13.2 Å². The van der Waals surface area contributed by atoms with Crippen LogP contribution in [0.5, 0.6) is 0 Å². The predicted octanol–water partition coefficient (Wildman–Crippen LogP) is 4.56.